The Balaban J connectivity index is 1.54. The smallest absolute Gasteiger partial charge is 0.298 e. The SMILES string of the molecule is Clc1ccc2nc(N3CCc4c([nH]c5ccc(Cl)cc45)C3)oc2c1. The molecule has 1 aliphatic rings. The van der Waals surface area contributed by atoms with Crippen LogP contribution in [0.3, 0.4) is 0 Å². The Hall–Kier alpha value is -2.17. The summed E-state index contributed by atoms with van der Waals surface area (Å²) < 4.78 is 5.89. The van der Waals surface area contributed by atoms with E-state index in [1.807, 2.05) is 30.3 Å². The molecule has 0 fully saturated rings. The average Bonchev–Trinajstić information content (AvgIpc) is 3.14. The highest BCUT2D eigenvalue weighted by Crippen LogP contribution is 2.32. The highest BCUT2D eigenvalue weighted by atomic mass is 35.5. The molecule has 3 heterocycles. The molecule has 4 nitrogen and oxygen atoms in total. The molecule has 0 saturated carbocycles. The van der Waals surface area contributed by atoms with Crippen LogP contribution in [0.4, 0.5) is 6.01 Å². The van der Waals surface area contributed by atoms with Crippen LogP contribution in [0.15, 0.2) is 40.8 Å². The van der Waals surface area contributed by atoms with Gasteiger partial charge in [-0.15, -0.1) is 0 Å². The number of oxazole rings is 1. The number of hydrogen-bond donors (Lipinski definition) is 1. The molecule has 0 unspecified atom stereocenters. The number of nitrogens with one attached hydrogen (secondary N) is 1. The first-order valence-electron chi connectivity index (χ1n) is 7.77. The predicted molar refractivity (Wildman–Crippen MR) is 97.1 cm³/mol. The molecule has 2 aromatic carbocycles. The Morgan fingerprint density at radius 2 is 1.92 bits per heavy atom. The first kappa shape index (κ1) is 14.2. The van der Waals surface area contributed by atoms with Gasteiger partial charge in [0.1, 0.15) is 5.52 Å². The third-order valence-electron chi connectivity index (χ3n) is 4.55. The summed E-state index contributed by atoms with van der Waals surface area (Å²) in [4.78, 5) is 10.2. The van der Waals surface area contributed by atoms with E-state index in [2.05, 4.69) is 14.9 Å². The van der Waals surface area contributed by atoms with Crippen molar-refractivity contribution in [1.82, 2.24) is 9.97 Å². The lowest BCUT2D eigenvalue weighted by atomic mass is 10.0. The van der Waals surface area contributed by atoms with Gasteiger partial charge in [-0.2, -0.15) is 4.98 Å². The lowest BCUT2D eigenvalue weighted by molar-refractivity contribution is 0.553. The molecule has 2 aromatic heterocycles. The molecule has 4 aromatic rings. The van der Waals surface area contributed by atoms with Crippen LogP contribution in [0.25, 0.3) is 22.0 Å². The molecule has 0 spiro atoms. The maximum Gasteiger partial charge on any atom is 0.298 e. The zero-order valence-electron chi connectivity index (χ0n) is 12.6. The first-order chi connectivity index (χ1) is 11.7. The van der Waals surface area contributed by atoms with Crippen molar-refractivity contribution in [2.45, 2.75) is 13.0 Å². The highest BCUT2D eigenvalue weighted by Gasteiger charge is 2.24. The minimum absolute atomic E-state index is 0.634. The average molecular weight is 358 g/mol. The number of anilines is 1. The predicted octanol–water partition coefficient (Wildman–Crippen LogP) is 5.18. The number of nitrogens with zero attached hydrogens (tertiary/aromatic N) is 2. The van der Waals surface area contributed by atoms with E-state index in [1.165, 1.54) is 16.6 Å². The maximum atomic E-state index is 6.14. The van der Waals surface area contributed by atoms with Gasteiger partial charge in [0.15, 0.2) is 5.58 Å². The summed E-state index contributed by atoms with van der Waals surface area (Å²) in [6.45, 7) is 1.59. The van der Waals surface area contributed by atoms with Gasteiger partial charge in [-0.1, -0.05) is 23.2 Å². The number of halogens is 2. The Labute approximate surface area is 148 Å². The zero-order valence-corrected chi connectivity index (χ0v) is 14.2. The zero-order chi connectivity index (χ0) is 16.3. The minimum Gasteiger partial charge on any atom is -0.423 e. The van der Waals surface area contributed by atoms with E-state index < -0.39 is 0 Å². The van der Waals surface area contributed by atoms with Crippen LogP contribution in [-0.2, 0) is 13.0 Å². The number of H-pyrrole nitrogens is 1. The van der Waals surface area contributed by atoms with Gasteiger partial charge in [0.25, 0.3) is 6.01 Å². The van der Waals surface area contributed by atoms with Gasteiger partial charge in [-0.05, 0) is 42.3 Å². The molecule has 0 amide bonds. The first-order valence-corrected chi connectivity index (χ1v) is 8.53. The lowest BCUT2D eigenvalue weighted by Crippen LogP contribution is -2.30. The van der Waals surface area contributed by atoms with Gasteiger partial charge in [-0.25, -0.2) is 0 Å². The molecule has 0 saturated heterocycles. The van der Waals surface area contributed by atoms with Crippen LogP contribution in [0.5, 0.6) is 0 Å². The summed E-state index contributed by atoms with van der Waals surface area (Å²) in [5, 5.41) is 2.63. The van der Waals surface area contributed by atoms with E-state index >= 15 is 0 Å². The van der Waals surface area contributed by atoms with E-state index in [-0.39, 0.29) is 0 Å². The van der Waals surface area contributed by atoms with Crippen molar-refractivity contribution in [1.29, 1.82) is 0 Å². The molecule has 0 aliphatic carbocycles. The molecule has 5 rings (SSSR count). The quantitative estimate of drug-likeness (QED) is 0.510. The summed E-state index contributed by atoms with van der Waals surface area (Å²) in [6, 6.07) is 12.1. The monoisotopic (exact) mass is 357 g/mol. The fraction of sp³-hybridized carbons (Fsp3) is 0.167. The van der Waals surface area contributed by atoms with E-state index in [0.29, 0.717) is 16.6 Å². The van der Waals surface area contributed by atoms with E-state index in [4.69, 9.17) is 27.6 Å². The number of aromatic amines is 1. The summed E-state index contributed by atoms with van der Waals surface area (Å²) in [7, 11) is 0. The van der Waals surface area contributed by atoms with Gasteiger partial charge in [0, 0.05) is 39.3 Å². The molecule has 0 radical (unpaired) electrons. The van der Waals surface area contributed by atoms with Gasteiger partial charge >= 0.3 is 0 Å². The molecule has 120 valence electrons. The van der Waals surface area contributed by atoms with Crippen LogP contribution in [0.1, 0.15) is 11.3 Å². The third-order valence-corrected chi connectivity index (χ3v) is 5.02. The molecule has 0 bridgehead atoms. The lowest BCUT2D eigenvalue weighted by Gasteiger charge is -2.25. The van der Waals surface area contributed by atoms with E-state index in [1.54, 1.807) is 6.07 Å². The van der Waals surface area contributed by atoms with Crippen LogP contribution in [0.2, 0.25) is 10.0 Å². The second-order valence-corrected chi connectivity index (χ2v) is 6.92. The van der Waals surface area contributed by atoms with Crippen molar-refractivity contribution >= 4 is 51.2 Å². The number of fused-ring (bicyclic) bond motifs is 4. The van der Waals surface area contributed by atoms with Crippen LogP contribution >= 0.6 is 23.2 Å². The van der Waals surface area contributed by atoms with Gasteiger partial charge in [0.05, 0.1) is 6.54 Å². The number of rotatable bonds is 1. The molecule has 24 heavy (non-hydrogen) atoms. The van der Waals surface area contributed by atoms with Crippen molar-refractivity contribution in [3.05, 3.63) is 57.7 Å². The Bertz CT molecular complexity index is 1080. The fourth-order valence-corrected chi connectivity index (χ4v) is 3.73. The van der Waals surface area contributed by atoms with E-state index in [0.717, 1.165) is 35.6 Å². The molecule has 1 N–H and O–H groups in total. The van der Waals surface area contributed by atoms with Gasteiger partial charge in [-0.3, -0.25) is 0 Å². The van der Waals surface area contributed by atoms with Crippen LogP contribution < -0.4 is 4.90 Å². The Morgan fingerprint density at radius 3 is 2.83 bits per heavy atom. The van der Waals surface area contributed by atoms with Crippen molar-refractivity contribution in [2.75, 3.05) is 11.4 Å². The van der Waals surface area contributed by atoms with Gasteiger partial charge < -0.3 is 14.3 Å². The standard InChI is InChI=1S/C18H13Cl2N3O/c19-10-1-3-14-13(7-10)12-5-6-23(9-16(12)21-14)18-22-15-4-2-11(20)8-17(15)24-18/h1-4,7-8,21H,5-6,9H2. The summed E-state index contributed by atoms with van der Waals surface area (Å²) in [6.07, 6.45) is 0.926. The molecule has 6 heteroatoms. The molecule has 0 atom stereocenters. The second-order valence-electron chi connectivity index (χ2n) is 6.05. The number of hydrogen-bond acceptors (Lipinski definition) is 3. The summed E-state index contributed by atoms with van der Waals surface area (Å²) in [5.74, 6) is 0. The van der Waals surface area contributed by atoms with Crippen molar-refractivity contribution in [3.8, 4) is 0 Å². The normalized spacial score (nSPS) is 14.5. The van der Waals surface area contributed by atoms with Crippen LogP contribution in [0, 0.1) is 0 Å². The van der Waals surface area contributed by atoms with Crippen molar-refractivity contribution in [2.24, 2.45) is 0 Å². The fourth-order valence-electron chi connectivity index (χ4n) is 3.40. The maximum absolute atomic E-state index is 6.14. The number of aromatic nitrogens is 2. The number of benzene rings is 2. The molecular formula is C18H13Cl2N3O. The van der Waals surface area contributed by atoms with Gasteiger partial charge in [0.2, 0.25) is 0 Å². The Morgan fingerprint density at radius 1 is 1.08 bits per heavy atom. The minimum atomic E-state index is 0.634. The van der Waals surface area contributed by atoms with Crippen molar-refractivity contribution < 1.29 is 4.42 Å². The summed E-state index contributed by atoms with van der Waals surface area (Å²) >= 11 is 12.2. The largest absolute Gasteiger partial charge is 0.423 e. The second kappa shape index (κ2) is 5.16. The molecular weight excluding hydrogens is 345 g/mol. The topological polar surface area (TPSA) is 45.1 Å². The van der Waals surface area contributed by atoms with Crippen LogP contribution in [-0.4, -0.2) is 16.5 Å². The third kappa shape index (κ3) is 2.18. The summed E-state index contributed by atoms with van der Waals surface area (Å²) in [5.41, 5.74) is 5.19. The molecule has 1 aliphatic heterocycles. The van der Waals surface area contributed by atoms with E-state index in [9.17, 15) is 0 Å². The highest BCUT2D eigenvalue weighted by molar-refractivity contribution is 6.31. The van der Waals surface area contributed by atoms with Crippen molar-refractivity contribution in [3.63, 3.8) is 0 Å². The Kier molecular flexibility index (Phi) is 3.05.